The van der Waals surface area contributed by atoms with Gasteiger partial charge in [0.2, 0.25) is 5.91 Å². The van der Waals surface area contributed by atoms with Crippen LogP contribution in [0, 0.1) is 0 Å². The fraction of sp³-hybridized carbons (Fsp3) is 0.167. The van der Waals surface area contributed by atoms with Crippen LogP contribution in [-0.4, -0.2) is 32.1 Å². The first kappa shape index (κ1) is 18.7. The van der Waals surface area contributed by atoms with E-state index in [1.807, 2.05) is 37.2 Å². The quantitative estimate of drug-likeness (QED) is 0.595. The van der Waals surface area contributed by atoms with E-state index in [-0.39, 0.29) is 11.8 Å². The van der Waals surface area contributed by atoms with Gasteiger partial charge in [-0.15, -0.1) is 0 Å². The fourth-order valence-corrected chi connectivity index (χ4v) is 2.89. The fourth-order valence-electron chi connectivity index (χ4n) is 2.14. The molecular formula is C18H19BrN4O2. The average Bonchev–Trinajstić information content (AvgIpc) is 2.54. The molecule has 0 aliphatic carbocycles. The highest BCUT2D eigenvalue weighted by molar-refractivity contribution is 9.10. The van der Waals surface area contributed by atoms with Crippen molar-refractivity contribution in [1.29, 1.82) is 0 Å². The standard InChI is InChI=1S/C18H19BrN4O2/c1-12(24)21-15-6-4-5-14(10-15)18(25)22-20-11-13-7-8-17(23(2)3)16(19)9-13/h4-11H,1-3H3,(H,21,24)(H,22,25). The van der Waals surface area contributed by atoms with Crippen LogP contribution < -0.4 is 15.6 Å². The molecule has 0 bridgehead atoms. The van der Waals surface area contributed by atoms with E-state index in [2.05, 4.69) is 31.8 Å². The number of carbonyl (C=O) groups is 2. The lowest BCUT2D eigenvalue weighted by atomic mass is 10.2. The monoisotopic (exact) mass is 402 g/mol. The summed E-state index contributed by atoms with van der Waals surface area (Å²) in [6, 6.07) is 12.4. The van der Waals surface area contributed by atoms with Gasteiger partial charge in [-0.1, -0.05) is 12.1 Å². The van der Waals surface area contributed by atoms with Crippen LogP contribution in [0.3, 0.4) is 0 Å². The second-order valence-electron chi connectivity index (χ2n) is 5.57. The number of rotatable bonds is 5. The highest BCUT2D eigenvalue weighted by atomic mass is 79.9. The van der Waals surface area contributed by atoms with Gasteiger partial charge in [-0.2, -0.15) is 5.10 Å². The van der Waals surface area contributed by atoms with Gasteiger partial charge in [-0.25, -0.2) is 5.43 Å². The summed E-state index contributed by atoms with van der Waals surface area (Å²) in [4.78, 5) is 25.2. The summed E-state index contributed by atoms with van der Waals surface area (Å²) in [5, 5.41) is 6.61. The maximum Gasteiger partial charge on any atom is 0.271 e. The molecule has 2 aromatic carbocycles. The van der Waals surface area contributed by atoms with Gasteiger partial charge in [0.05, 0.1) is 11.9 Å². The molecule has 0 saturated heterocycles. The lowest BCUT2D eigenvalue weighted by Crippen LogP contribution is -2.18. The van der Waals surface area contributed by atoms with Crippen molar-refractivity contribution in [1.82, 2.24) is 5.43 Å². The topological polar surface area (TPSA) is 73.8 Å². The van der Waals surface area contributed by atoms with Gasteiger partial charge in [-0.3, -0.25) is 9.59 Å². The molecule has 2 N–H and O–H groups in total. The number of amides is 2. The molecule has 0 heterocycles. The molecule has 0 atom stereocenters. The molecule has 0 aliphatic heterocycles. The number of benzene rings is 2. The van der Waals surface area contributed by atoms with Crippen LogP contribution in [0.1, 0.15) is 22.8 Å². The third-order valence-electron chi connectivity index (χ3n) is 3.28. The number of nitrogens with zero attached hydrogens (tertiary/aromatic N) is 2. The van der Waals surface area contributed by atoms with Crippen LogP contribution in [0.15, 0.2) is 52.0 Å². The van der Waals surface area contributed by atoms with Crippen LogP contribution in [0.5, 0.6) is 0 Å². The summed E-state index contributed by atoms with van der Waals surface area (Å²) < 4.78 is 0.941. The molecule has 25 heavy (non-hydrogen) atoms. The predicted molar refractivity (Wildman–Crippen MR) is 104 cm³/mol. The molecule has 0 saturated carbocycles. The molecule has 2 aromatic rings. The molecule has 0 radical (unpaired) electrons. The minimum Gasteiger partial charge on any atom is -0.377 e. The normalized spacial score (nSPS) is 10.6. The molecule has 2 amide bonds. The number of hydrogen-bond acceptors (Lipinski definition) is 4. The van der Waals surface area contributed by atoms with Crippen LogP contribution in [-0.2, 0) is 4.79 Å². The molecule has 0 unspecified atom stereocenters. The summed E-state index contributed by atoms with van der Waals surface area (Å²) in [6.45, 7) is 1.41. The van der Waals surface area contributed by atoms with Crippen molar-refractivity contribution in [2.75, 3.05) is 24.3 Å². The van der Waals surface area contributed by atoms with Crippen molar-refractivity contribution in [3.8, 4) is 0 Å². The Labute approximate surface area is 155 Å². The smallest absolute Gasteiger partial charge is 0.271 e. The van der Waals surface area contributed by atoms with E-state index in [9.17, 15) is 9.59 Å². The van der Waals surface area contributed by atoms with Crippen molar-refractivity contribution in [3.05, 3.63) is 58.1 Å². The van der Waals surface area contributed by atoms with Gasteiger partial charge >= 0.3 is 0 Å². The first-order valence-corrected chi connectivity index (χ1v) is 8.34. The van der Waals surface area contributed by atoms with Crippen LogP contribution >= 0.6 is 15.9 Å². The van der Waals surface area contributed by atoms with E-state index in [0.29, 0.717) is 11.3 Å². The highest BCUT2D eigenvalue weighted by Crippen LogP contribution is 2.25. The molecular weight excluding hydrogens is 384 g/mol. The molecule has 2 rings (SSSR count). The van der Waals surface area contributed by atoms with Gasteiger partial charge in [0, 0.05) is 36.7 Å². The SMILES string of the molecule is CC(=O)Nc1cccc(C(=O)NN=Cc2ccc(N(C)C)c(Br)c2)c1. The van der Waals surface area contributed by atoms with Crippen molar-refractivity contribution < 1.29 is 9.59 Å². The van der Waals surface area contributed by atoms with E-state index in [1.165, 1.54) is 6.92 Å². The molecule has 0 spiro atoms. The largest absolute Gasteiger partial charge is 0.377 e. The van der Waals surface area contributed by atoms with Gasteiger partial charge in [0.15, 0.2) is 0 Å². The maximum atomic E-state index is 12.1. The highest BCUT2D eigenvalue weighted by Gasteiger charge is 2.06. The molecule has 7 heteroatoms. The van der Waals surface area contributed by atoms with E-state index in [4.69, 9.17) is 0 Å². The Kier molecular flexibility index (Phi) is 6.30. The number of anilines is 2. The number of hydrazone groups is 1. The second kappa shape index (κ2) is 8.43. The summed E-state index contributed by atoms with van der Waals surface area (Å²) in [6.07, 6.45) is 1.57. The average molecular weight is 403 g/mol. The Bertz CT molecular complexity index is 818. The number of carbonyl (C=O) groups excluding carboxylic acids is 2. The minimum atomic E-state index is -0.354. The maximum absolute atomic E-state index is 12.1. The van der Waals surface area contributed by atoms with Crippen LogP contribution in [0.4, 0.5) is 11.4 Å². The van der Waals surface area contributed by atoms with Crippen LogP contribution in [0.2, 0.25) is 0 Å². The zero-order valence-electron chi connectivity index (χ0n) is 14.2. The minimum absolute atomic E-state index is 0.192. The number of hydrogen-bond donors (Lipinski definition) is 2. The predicted octanol–water partition coefficient (Wildman–Crippen LogP) is 3.24. The van der Waals surface area contributed by atoms with E-state index >= 15 is 0 Å². The Hall–Kier alpha value is -2.67. The van der Waals surface area contributed by atoms with Crippen LogP contribution in [0.25, 0.3) is 0 Å². The Morgan fingerprint density at radius 1 is 1.16 bits per heavy atom. The van der Waals surface area contributed by atoms with Gasteiger partial charge < -0.3 is 10.2 Å². The zero-order valence-corrected chi connectivity index (χ0v) is 15.8. The molecule has 0 aromatic heterocycles. The molecule has 0 fully saturated rings. The zero-order chi connectivity index (χ0) is 18.4. The van der Waals surface area contributed by atoms with E-state index in [0.717, 1.165) is 15.7 Å². The van der Waals surface area contributed by atoms with Crippen molar-refractivity contribution in [2.45, 2.75) is 6.92 Å². The summed E-state index contributed by atoms with van der Waals surface area (Å²) in [7, 11) is 3.92. The molecule has 0 aliphatic rings. The van der Waals surface area contributed by atoms with Crippen molar-refractivity contribution in [2.24, 2.45) is 5.10 Å². The third kappa shape index (κ3) is 5.42. The Balaban J connectivity index is 2.03. The third-order valence-corrected chi connectivity index (χ3v) is 3.91. The van der Waals surface area contributed by atoms with Crippen molar-refractivity contribution >= 4 is 45.3 Å². The summed E-state index contributed by atoms with van der Waals surface area (Å²) in [5.41, 5.74) is 5.35. The summed E-state index contributed by atoms with van der Waals surface area (Å²) in [5.74, 6) is -0.547. The van der Waals surface area contributed by atoms with E-state index in [1.54, 1.807) is 30.5 Å². The second-order valence-corrected chi connectivity index (χ2v) is 6.42. The van der Waals surface area contributed by atoms with E-state index < -0.39 is 0 Å². The Morgan fingerprint density at radius 3 is 2.56 bits per heavy atom. The van der Waals surface area contributed by atoms with Crippen molar-refractivity contribution in [3.63, 3.8) is 0 Å². The lowest BCUT2D eigenvalue weighted by Gasteiger charge is -2.14. The molecule has 130 valence electrons. The first-order valence-electron chi connectivity index (χ1n) is 7.55. The lowest BCUT2D eigenvalue weighted by molar-refractivity contribution is -0.114. The molecule has 6 nitrogen and oxygen atoms in total. The van der Waals surface area contributed by atoms with Gasteiger partial charge in [0.1, 0.15) is 0 Å². The van der Waals surface area contributed by atoms with Gasteiger partial charge in [0.25, 0.3) is 5.91 Å². The number of nitrogens with one attached hydrogen (secondary N) is 2. The summed E-state index contributed by atoms with van der Waals surface area (Å²) >= 11 is 3.51. The van der Waals surface area contributed by atoms with Gasteiger partial charge in [-0.05, 0) is 51.8 Å². The Morgan fingerprint density at radius 2 is 1.92 bits per heavy atom. The first-order chi connectivity index (χ1) is 11.9. The number of halogens is 1.